The summed E-state index contributed by atoms with van der Waals surface area (Å²) in [6.07, 6.45) is 1.89. The zero-order valence-electron chi connectivity index (χ0n) is 12.2. The van der Waals surface area contributed by atoms with Gasteiger partial charge in [0.25, 0.3) is 0 Å². The summed E-state index contributed by atoms with van der Waals surface area (Å²) in [5.74, 6) is -1.15. The molecule has 0 amide bonds. The molecule has 1 N–H and O–H groups in total. The van der Waals surface area contributed by atoms with Crippen LogP contribution in [0, 0.1) is 18.6 Å². The van der Waals surface area contributed by atoms with Gasteiger partial charge in [-0.2, -0.15) is 5.10 Å². The molecular weight excluding hydrogens is 276 g/mol. The van der Waals surface area contributed by atoms with Crippen LogP contribution in [0.2, 0.25) is 0 Å². The van der Waals surface area contributed by atoms with Crippen LogP contribution in [-0.4, -0.2) is 30.0 Å². The van der Waals surface area contributed by atoms with Gasteiger partial charge >= 0.3 is 0 Å². The topological polar surface area (TPSA) is 39.1 Å². The number of nitrogens with one attached hydrogen (secondary N) is 1. The van der Waals surface area contributed by atoms with Gasteiger partial charge in [-0.05, 0) is 24.6 Å². The van der Waals surface area contributed by atoms with Crippen LogP contribution < -0.4 is 5.32 Å². The van der Waals surface area contributed by atoms with Gasteiger partial charge in [0, 0.05) is 38.0 Å². The Morgan fingerprint density at radius 2 is 1.95 bits per heavy atom. The van der Waals surface area contributed by atoms with Crippen molar-refractivity contribution in [3.63, 3.8) is 0 Å². The first-order valence-electron chi connectivity index (χ1n) is 6.76. The van der Waals surface area contributed by atoms with Crippen molar-refractivity contribution in [1.29, 1.82) is 0 Å². The molecule has 1 aromatic heterocycles. The molecule has 0 aliphatic carbocycles. The molecule has 0 saturated carbocycles. The number of aromatic nitrogens is 2. The van der Waals surface area contributed by atoms with Crippen LogP contribution in [-0.2, 0) is 17.8 Å². The second-order valence-corrected chi connectivity index (χ2v) is 4.88. The predicted molar refractivity (Wildman–Crippen MR) is 76.0 cm³/mol. The van der Waals surface area contributed by atoms with Gasteiger partial charge in [-0.1, -0.05) is 0 Å². The maximum absolute atomic E-state index is 13.2. The molecule has 0 spiro atoms. The highest BCUT2D eigenvalue weighted by atomic mass is 19.1. The molecule has 0 aliphatic rings. The lowest BCUT2D eigenvalue weighted by atomic mass is 10.2. The summed E-state index contributed by atoms with van der Waals surface area (Å²) in [4.78, 5) is 0. The van der Waals surface area contributed by atoms with Crippen molar-refractivity contribution in [2.45, 2.75) is 20.0 Å². The average Bonchev–Trinajstić information content (AvgIpc) is 2.73. The Bertz CT molecular complexity index is 578. The second-order valence-electron chi connectivity index (χ2n) is 4.88. The first-order chi connectivity index (χ1) is 10.1. The fraction of sp³-hybridized carbons (Fsp3) is 0.400. The number of aryl methyl sites for hydroxylation is 1. The van der Waals surface area contributed by atoms with Gasteiger partial charge in [0.15, 0.2) is 0 Å². The van der Waals surface area contributed by atoms with Gasteiger partial charge in [-0.25, -0.2) is 8.78 Å². The van der Waals surface area contributed by atoms with Crippen LogP contribution in [0.4, 0.5) is 8.78 Å². The van der Waals surface area contributed by atoms with Gasteiger partial charge in [0.2, 0.25) is 0 Å². The van der Waals surface area contributed by atoms with E-state index in [-0.39, 0.29) is 0 Å². The lowest BCUT2D eigenvalue weighted by Crippen LogP contribution is -2.18. The molecule has 0 aliphatic heterocycles. The normalized spacial score (nSPS) is 11.0. The molecule has 6 heteroatoms. The molecule has 21 heavy (non-hydrogen) atoms. The van der Waals surface area contributed by atoms with Crippen molar-refractivity contribution in [2.24, 2.45) is 0 Å². The summed E-state index contributed by atoms with van der Waals surface area (Å²) in [5, 5.41) is 7.61. The van der Waals surface area contributed by atoms with E-state index in [2.05, 4.69) is 10.4 Å². The summed E-state index contributed by atoms with van der Waals surface area (Å²) >= 11 is 0. The molecule has 1 aromatic carbocycles. The maximum Gasteiger partial charge on any atom is 0.126 e. The van der Waals surface area contributed by atoms with E-state index >= 15 is 0 Å². The number of hydrogen-bond donors (Lipinski definition) is 1. The Kier molecular flexibility index (Phi) is 5.41. The Hall–Kier alpha value is -1.79. The Morgan fingerprint density at radius 3 is 2.62 bits per heavy atom. The standard InChI is InChI=1S/C15H19F2N3O/c1-11-13(8-18-3-4-21-2)10-20(19-11)9-12-5-14(16)7-15(17)6-12/h5-7,10,18H,3-4,8-9H2,1-2H3. The van der Waals surface area contributed by atoms with E-state index in [1.807, 2.05) is 13.1 Å². The zero-order valence-corrected chi connectivity index (χ0v) is 12.2. The van der Waals surface area contributed by atoms with E-state index in [1.165, 1.54) is 12.1 Å². The highest BCUT2D eigenvalue weighted by Crippen LogP contribution is 2.11. The van der Waals surface area contributed by atoms with Crippen molar-refractivity contribution < 1.29 is 13.5 Å². The SMILES string of the molecule is COCCNCc1cn(Cc2cc(F)cc(F)c2)nc1C. The molecular formula is C15H19F2N3O. The van der Waals surface area contributed by atoms with Crippen LogP contribution in [0.1, 0.15) is 16.8 Å². The van der Waals surface area contributed by atoms with Crippen LogP contribution in [0.15, 0.2) is 24.4 Å². The smallest absolute Gasteiger partial charge is 0.126 e. The Morgan fingerprint density at radius 1 is 1.24 bits per heavy atom. The van der Waals surface area contributed by atoms with Crippen molar-refractivity contribution in [1.82, 2.24) is 15.1 Å². The van der Waals surface area contributed by atoms with E-state index < -0.39 is 11.6 Å². The molecule has 2 aromatic rings. The first kappa shape index (κ1) is 15.6. The number of rotatable bonds is 7. The number of ether oxygens (including phenoxy) is 1. The number of halogens is 2. The molecule has 0 saturated heterocycles. The minimum atomic E-state index is -0.574. The zero-order chi connectivity index (χ0) is 15.2. The summed E-state index contributed by atoms with van der Waals surface area (Å²) in [7, 11) is 1.66. The third-order valence-corrected chi connectivity index (χ3v) is 3.11. The molecule has 0 bridgehead atoms. The van der Waals surface area contributed by atoms with E-state index in [0.717, 1.165) is 23.9 Å². The van der Waals surface area contributed by atoms with E-state index in [9.17, 15) is 8.78 Å². The number of hydrogen-bond acceptors (Lipinski definition) is 3. The molecule has 114 valence electrons. The highest BCUT2D eigenvalue weighted by molar-refractivity contribution is 5.20. The lowest BCUT2D eigenvalue weighted by molar-refractivity contribution is 0.199. The Labute approximate surface area is 122 Å². The summed E-state index contributed by atoms with van der Waals surface area (Å²) in [6.45, 7) is 4.35. The van der Waals surface area contributed by atoms with Gasteiger partial charge in [-0.15, -0.1) is 0 Å². The van der Waals surface area contributed by atoms with Gasteiger partial charge < -0.3 is 10.1 Å². The van der Waals surface area contributed by atoms with Gasteiger partial charge in [-0.3, -0.25) is 4.68 Å². The van der Waals surface area contributed by atoms with Crippen molar-refractivity contribution >= 4 is 0 Å². The largest absolute Gasteiger partial charge is 0.383 e. The molecule has 0 atom stereocenters. The molecule has 0 radical (unpaired) electrons. The third-order valence-electron chi connectivity index (χ3n) is 3.11. The third kappa shape index (κ3) is 4.61. The summed E-state index contributed by atoms with van der Waals surface area (Å²) in [5.41, 5.74) is 2.51. The predicted octanol–water partition coefficient (Wildman–Crippen LogP) is 2.25. The van der Waals surface area contributed by atoms with Crippen LogP contribution in [0.3, 0.4) is 0 Å². The van der Waals surface area contributed by atoms with E-state index in [0.29, 0.717) is 25.3 Å². The molecule has 1 heterocycles. The molecule has 0 unspecified atom stereocenters. The minimum absolute atomic E-state index is 0.341. The maximum atomic E-state index is 13.2. The van der Waals surface area contributed by atoms with Crippen LogP contribution in [0.25, 0.3) is 0 Å². The number of nitrogens with zero attached hydrogens (tertiary/aromatic N) is 2. The fourth-order valence-electron chi connectivity index (χ4n) is 2.10. The molecule has 4 nitrogen and oxygen atoms in total. The van der Waals surface area contributed by atoms with E-state index in [4.69, 9.17) is 4.74 Å². The summed E-state index contributed by atoms with van der Waals surface area (Å²) in [6, 6.07) is 3.50. The van der Waals surface area contributed by atoms with Gasteiger partial charge in [0.1, 0.15) is 11.6 Å². The van der Waals surface area contributed by atoms with E-state index in [1.54, 1.807) is 11.8 Å². The number of methoxy groups -OCH3 is 1. The lowest BCUT2D eigenvalue weighted by Gasteiger charge is -2.03. The van der Waals surface area contributed by atoms with Gasteiger partial charge in [0.05, 0.1) is 18.8 Å². The van der Waals surface area contributed by atoms with Crippen molar-refractivity contribution in [2.75, 3.05) is 20.3 Å². The quantitative estimate of drug-likeness (QED) is 0.796. The molecule has 2 rings (SSSR count). The van der Waals surface area contributed by atoms with Crippen molar-refractivity contribution in [3.8, 4) is 0 Å². The molecule has 0 fully saturated rings. The van der Waals surface area contributed by atoms with Crippen molar-refractivity contribution in [3.05, 3.63) is 52.9 Å². The average molecular weight is 295 g/mol. The monoisotopic (exact) mass is 295 g/mol. The number of benzene rings is 1. The van der Waals surface area contributed by atoms with Crippen LogP contribution >= 0.6 is 0 Å². The summed E-state index contributed by atoms with van der Waals surface area (Å²) < 4.78 is 33.0. The Balaban J connectivity index is 2.01. The minimum Gasteiger partial charge on any atom is -0.383 e. The van der Waals surface area contributed by atoms with Crippen LogP contribution in [0.5, 0.6) is 0 Å². The highest BCUT2D eigenvalue weighted by Gasteiger charge is 2.07. The first-order valence-corrected chi connectivity index (χ1v) is 6.76. The second kappa shape index (κ2) is 7.28. The fourth-order valence-corrected chi connectivity index (χ4v) is 2.10.